The number of hydrogen-bond acceptors (Lipinski definition) is 2. The third kappa shape index (κ3) is 3.96. The molecular formula is C15H30N2. The molecule has 17 heavy (non-hydrogen) atoms. The summed E-state index contributed by atoms with van der Waals surface area (Å²) in [5.41, 5.74) is 0. The molecular weight excluding hydrogens is 208 g/mol. The normalized spacial score (nSPS) is 28.6. The van der Waals surface area contributed by atoms with Gasteiger partial charge in [-0.25, -0.2) is 0 Å². The van der Waals surface area contributed by atoms with E-state index in [9.17, 15) is 0 Å². The second-order valence-electron chi connectivity index (χ2n) is 6.68. The lowest BCUT2D eigenvalue weighted by Crippen LogP contribution is -2.50. The van der Waals surface area contributed by atoms with Crippen molar-refractivity contribution in [2.45, 2.75) is 52.5 Å². The molecule has 0 aromatic carbocycles. The van der Waals surface area contributed by atoms with Crippen molar-refractivity contribution in [2.75, 3.05) is 32.7 Å². The zero-order valence-electron chi connectivity index (χ0n) is 12.0. The van der Waals surface area contributed by atoms with Crippen LogP contribution in [-0.4, -0.2) is 48.6 Å². The Balaban J connectivity index is 1.65. The van der Waals surface area contributed by atoms with Crippen LogP contribution in [0.4, 0.5) is 0 Å². The van der Waals surface area contributed by atoms with Gasteiger partial charge in [-0.05, 0) is 57.2 Å². The summed E-state index contributed by atoms with van der Waals surface area (Å²) in [6, 6.07) is 0.898. The van der Waals surface area contributed by atoms with Crippen molar-refractivity contribution in [1.82, 2.24) is 9.80 Å². The number of likely N-dealkylation sites (tertiary alicyclic amines) is 2. The van der Waals surface area contributed by atoms with Crippen molar-refractivity contribution >= 4 is 0 Å². The van der Waals surface area contributed by atoms with Crippen molar-refractivity contribution in [1.29, 1.82) is 0 Å². The molecule has 2 heterocycles. The molecule has 0 N–H and O–H groups in total. The predicted molar refractivity (Wildman–Crippen MR) is 74.3 cm³/mol. The Kier molecular flexibility index (Phi) is 4.87. The van der Waals surface area contributed by atoms with Crippen molar-refractivity contribution in [3.63, 3.8) is 0 Å². The van der Waals surface area contributed by atoms with Crippen LogP contribution in [0.2, 0.25) is 0 Å². The fraction of sp³-hybridized carbons (Fsp3) is 1.00. The standard InChI is InChI=1S/C15H30N2/c1-13(2)11-17-9-6-15(17)10-14(3)12-16-7-4-5-8-16/h13-15H,4-12H2,1-3H3. The second-order valence-corrected chi connectivity index (χ2v) is 6.68. The molecule has 0 aliphatic carbocycles. The van der Waals surface area contributed by atoms with E-state index < -0.39 is 0 Å². The molecule has 100 valence electrons. The van der Waals surface area contributed by atoms with Crippen LogP contribution in [0.15, 0.2) is 0 Å². The zero-order valence-corrected chi connectivity index (χ0v) is 12.0. The summed E-state index contributed by atoms with van der Waals surface area (Å²) in [7, 11) is 0. The summed E-state index contributed by atoms with van der Waals surface area (Å²) in [6.07, 6.45) is 5.71. The predicted octanol–water partition coefficient (Wildman–Crippen LogP) is 2.84. The number of hydrogen-bond donors (Lipinski definition) is 0. The van der Waals surface area contributed by atoms with Gasteiger partial charge in [0.05, 0.1) is 0 Å². The van der Waals surface area contributed by atoms with Crippen molar-refractivity contribution < 1.29 is 0 Å². The van der Waals surface area contributed by atoms with Gasteiger partial charge < -0.3 is 9.80 Å². The molecule has 2 saturated heterocycles. The second kappa shape index (κ2) is 6.19. The van der Waals surface area contributed by atoms with Crippen LogP contribution >= 0.6 is 0 Å². The minimum absolute atomic E-state index is 0.826. The maximum absolute atomic E-state index is 2.70. The van der Waals surface area contributed by atoms with Gasteiger partial charge in [0.1, 0.15) is 0 Å². The van der Waals surface area contributed by atoms with Crippen LogP contribution in [0.5, 0.6) is 0 Å². The van der Waals surface area contributed by atoms with Gasteiger partial charge >= 0.3 is 0 Å². The van der Waals surface area contributed by atoms with Crippen LogP contribution in [0.1, 0.15) is 46.5 Å². The Morgan fingerprint density at radius 1 is 1.00 bits per heavy atom. The molecule has 0 saturated carbocycles. The lowest BCUT2D eigenvalue weighted by molar-refractivity contribution is 0.0561. The lowest BCUT2D eigenvalue weighted by atomic mass is 9.91. The fourth-order valence-electron chi connectivity index (χ4n) is 3.42. The van der Waals surface area contributed by atoms with Gasteiger partial charge in [0.25, 0.3) is 0 Å². The van der Waals surface area contributed by atoms with E-state index in [0.29, 0.717) is 0 Å². The molecule has 2 atom stereocenters. The third-order valence-corrected chi connectivity index (χ3v) is 4.31. The topological polar surface area (TPSA) is 6.48 Å². The first-order valence-electron chi connectivity index (χ1n) is 7.61. The van der Waals surface area contributed by atoms with Crippen LogP contribution < -0.4 is 0 Å². The molecule has 2 rings (SSSR count). The highest BCUT2D eigenvalue weighted by atomic mass is 15.2. The highest BCUT2D eigenvalue weighted by Gasteiger charge is 2.29. The maximum Gasteiger partial charge on any atom is 0.0111 e. The minimum Gasteiger partial charge on any atom is -0.303 e. The van der Waals surface area contributed by atoms with Crippen LogP contribution in [0.3, 0.4) is 0 Å². The van der Waals surface area contributed by atoms with E-state index in [1.54, 1.807) is 0 Å². The maximum atomic E-state index is 2.70. The van der Waals surface area contributed by atoms with E-state index >= 15 is 0 Å². The summed E-state index contributed by atoms with van der Waals surface area (Å²) >= 11 is 0. The quantitative estimate of drug-likeness (QED) is 0.702. The van der Waals surface area contributed by atoms with Crippen molar-refractivity contribution in [3.8, 4) is 0 Å². The first-order chi connectivity index (χ1) is 8.15. The Bertz CT molecular complexity index is 221. The Labute approximate surface area is 107 Å². The molecule has 0 bridgehead atoms. The van der Waals surface area contributed by atoms with E-state index in [4.69, 9.17) is 0 Å². The van der Waals surface area contributed by atoms with Gasteiger partial charge in [0.15, 0.2) is 0 Å². The van der Waals surface area contributed by atoms with Gasteiger partial charge in [-0.3, -0.25) is 0 Å². The van der Waals surface area contributed by atoms with E-state index in [-0.39, 0.29) is 0 Å². The Morgan fingerprint density at radius 3 is 2.24 bits per heavy atom. The van der Waals surface area contributed by atoms with Gasteiger partial charge in [-0.15, -0.1) is 0 Å². The average molecular weight is 238 g/mol. The van der Waals surface area contributed by atoms with Gasteiger partial charge in [0.2, 0.25) is 0 Å². The lowest BCUT2D eigenvalue weighted by Gasteiger charge is -2.43. The number of rotatable bonds is 6. The Hall–Kier alpha value is -0.0800. The van der Waals surface area contributed by atoms with Crippen LogP contribution in [0, 0.1) is 11.8 Å². The van der Waals surface area contributed by atoms with Crippen molar-refractivity contribution in [2.24, 2.45) is 11.8 Å². The van der Waals surface area contributed by atoms with Crippen LogP contribution in [0.25, 0.3) is 0 Å². The Morgan fingerprint density at radius 2 is 1.71 bits per heavy atom. The van der Waals surface area contributed by atoms with Gasteiger partial charge in [0, 0.05) is 19.1 Å². The summed E-state index contributed by atoms with van der Waals surface area (Å²) in [4.78, 5) is 5.36. The largest absolute Gasteiger partial charge is 0.303 e. The molecule has 2 heteroatoms. The molecule has 2 aliphatic rings. The highest BCUT2D eigenvalue weighted by molar-refractivity contribution is 4.85. The fourth-order valence-corrected chi connectivity index (χ4v) is 3.42. The zero-order chi connectivity index (χ0) is 12.3. The smallest absolute Gasteiger partial charge is 0.0111 e. The van der Waals surface area contributed by atoms with E-state index in [1.807, 2.05) is 0 Å². The first kappa shape index (κ1) is 13.4. The van der Waals surface area contributed by atoms with E-state index in [0.717, 1.165) is 17.9 Å². The van der Waals surface area contributed by atoms with Gasteiger partial charge in [-0.2, -0.15) is 0 Å². The van der Waals surface area contributed by atoms with Crippen LogP contribution in [-0.2, 0) is 0 Å². The summed E-state index contributed by atoms with van der Waals surface area (Å²) in [6.45, 7) is 13.8. The molecule has 0 radical (unpaired) electrons. The molecule has 0 amide bonds. The summed E-state index contributed by atoms with van der Waals surface area (Å²) in [5, 5.41) is 0. The van der Waals surface area contributed by atoms with E-state index in [2.05, 4.69) is 30.6 Å². The molecule has 0 aromatic heterocycles. The van der Waals surface area contributed by atoms with Gasteiger partial charge in [-0.1, -0.05) is 20.8 Å². The molecule has 2 unspecified atom stereocenters. The summed E-state index contributed by atoms with van der Waals surface area (Å²) < 4.78 is 0. The molecule has 2 nitrogen and oxygen atoms in total. The minimum atomic E-state index is 0.826. The van der Waals surface area contributed by atoms with Crippen molar-refractivity contribution in [3.05, 3.63) is 0 Å². The third-order valence-electron chi connectivity index (χ3n) is 4.31. The average Bonchev–Trinajstić information content (AvgIpc) is 2.74. The number of nitrogens with zero attached hydrogens (tertiary/aromatic N) is 2. The summed E-state index contributed by atoms with van der Waals surface area (Å²) in [5.74, 6) is 1.71. The SMILES string of the molecule is CC(C)CN1CCC1CC(C)CN1CCCC1. The first-order valence-corrected chi connectivity index (χ1v) is 7.61. The molecule has 0 aromatic rings. The molecule has 2 fully saturated rings. The monoisotopic (exact) mass is 238 g/mol. The molecule has 0 spiro atoms. The van der Waals surface area contributed by atoms with E-state index in [1.165, 1.54) is 58.4 Å². The highest BCUT2D eigenvalue weighted by Crippen LogP contribution is 2.25. The molecule has 2 aliphatic heterocycles.